The molecule has 0 aromatic heterocycles. The van der Waals surface area contributed by atoms with Gasteiger partial charge in [-0.15, -0.1) is 0 Å². The number of hydrogen-bond donors (Lipinski definition) is 4. The molecule has 10 nitrogen and oxygen atoms in total. The topological polar surface area (TPSA) is 145 Å². The highest BCUT2D eigenvalue weighted by atomic mass is 19.4. The molecular weight excluding hydrogens is 605 g/mol. The van der Waals surface area contributed by atoms with Crippen LogP contribution in [0.25, 0.3) is 0 Å². The molecule has 3 unspecified atom stereocenters. The van der Waals surface area contributed by atoms with E-state index in [0.717, 1.165) is 0 Å². The Labute approximate surface area is 256 Å². The summed E-state index contributed by atoms with van der Waals surface area (Å²) in [5.74, 6) is -4.35. The highest BCUT2D eigenvalue weighted by molar-refractivity contribution is 5.94. The quantitative estimate of drug-likeness (QED) is 0.307. The summed E-state index contributed by atoms with van der Waals surface area (Å²) < 4.78 is 59.5. The molecule has 2 aliphatic rings. The van der Waals surface area contributed by atoms with Crippen molar-refractivity contribution >= 4 is 23.7 Å². The third-order valence-corrected chi connectivity index (χ3v) is 7.74. The van der Waals surface area contributed by atoms with Crippen molar-refractivity contribution in [2.45, 2.75) is 62.4 Å². The first-order valence-electron chi connectivity index (χ1n) is 14.2. The van der Waals surface area contributed by atoms with E-state index in [1.807, 2.05) is 11.8 Å². The van der Waals surface area contributed by atoms with Gasteiger partial charge in [0.2, 0.25) is 17.7 Å². The monoisotopic (exact) mass is 641 g/mol. The Morgan fingerprint density at radius 2 is 1.62 bits per heavy atom. The standard InChI is InChI=1S/C28H35F2N5O3.C2HF3O2/c1-18-17-34(24(25(36)32-2)16-20-5-3-4-6-22(20)30)13-14-35(18)26(37)23(33-27(38)28(31)11-12-28)15-19-7-9-21(29)10-8-19;3-2(4,5)1(6)7/h3-10,18,23-24H,11-17,31H2,1-2H3,(H,32,36)(H,33,38);(H,6,7). The number of nitrogens with one attached hydrogen (secondary N) is 2. The molecule has 0 bridgehead atoms. The van der Waals surface area contributed by atoms with Crippen molar-refractivity contribution in [1.82, 2.24) is 20.4 Å². The summed E-state index contributed by atoms with van der Waals surface area (Å²) in [5, 5.41) is 12.6. The van der Waals surface area contributed by atoms with E-state index in [1.54, 1.807) is 42.3 Å². The Morgan fingerprint density at radius 3 is 2.13 bits per heavy atom. The summed E-state index contributed by atoms with van der Waals surface area (Å²) >= 11 is 0. The number of nitrogens with two attached hydrogens (primary N) is 1. The van der Waals surface area contributed by atoms with Crippen LogP contribution in [0, 0.1) is 11.6 Å². The number of amides is 3. The van der Waals surface area contributed by atoms with Crippen LogP contribution >= 0.6 is 0 Å². The largest absolute Gasteiger partial charge is 0.490 e. The first-order chi connectivity index (χ1) is 21.1. The normalized spacial score (nSPS) is 18.9. The first kappa shape index (κ1) is 35.4. The zero-order valence-corrected chi connectivity index (χ0v) is 24.7. The average Bonchev–Trinajstić information content (AvgIpc) is 3.75. The van der Waals surface area contributed by atoms with Gasteiger partial charge in [0.05, 0.1) is 11.6 Å². The minimum Gasteiger partial charge on any atom is -0.475 e. The number of carbonyl (C=O) groups is 4. The molecule has 1 saturated heterocycles. The number of carbonyl (C=O) groups excluding carboxylic acids is 3. The maximum Gasteiger partial charge on any atom is 0.490 e. The zero-order valence-electron chi connectivity index (χ0n) is 24.7. The maximum atomic E-state index is 14.3. The molecule has 45 heavy (non-hydrogen) atoms. The van der Waals surface area contributed by atoms with Crippen molar-refractivity contribution < 1.29 is 46.2 Å². The molecule has 1 aliphatic carbocycles. The molecule has 1 saturated carbocycles. The van der Waals surface area contributed by atoms with Crippen molar-refractivity contribution in [3.05, 3.63) is 71.3 Å². The van der Waals surface area contributed by atoms with E-state index in [4.69, 9.17) is 15.6 Å². The van der Waals surface area contributed by atoms with E-state index in [9.17, 15) is 36.3 Å². The molecule has 4 rings (SSSR count). The number of rotatable bonds is 9. The van der Waals surface area contributed by atoms with Crippen LogP contribution in [-0.4, -0.2) is 95.1 Å². The van der Waals surface area contributed by atoms with Crippen molar-refractivity contribution in [3.63, 3.8) is 0 Å². The lowest BCUT2D eigenvalue weighted by Gasteiger charge is -2.43. The van der Waals surface area contributed by atoms with Crippen molar-refractivity contribution in [1.29, 1.82) is 0 Å². The predicted octanol–water partition coefficient (Wildman–Crippen LogP) is 2.01. The lowest BCUT2D eigenvalue weighted by Crippen LogP contribution is -2.63. The van der Waals surface area contributed by atoms with Gasteiger partial charge in [0.25, 0.3) is 0 Å². The van der Waals surface area contributed by atoms with Gasteiger partial charge in [-0.05, 0) is 55.5 Å². The van der Waals surface area contributed by atoms with Crippen LogP contribution < -0.4 is 16.4 Å². The number of carboxylic acid groups (broad SMARTS) is 1. The van der Waals surface area contributed by atoms with E-state index in [0.29, 0.717) is 43.6 Å². The number of carboxylic acids is 1. The zero-order chi connectivity index (χ0) is 33.5. The Hall–Kier alpha value is -4.11. The molecule has 246 valence electrons. The molecule has 15 heteroatoms. The van der Waals surface area contributed by atoms with E-state index in [-0.39, 0.29) is 48.2 Å². The van der Waals surface area contributed by atoms with Crippen LogP contribution in [0.5, 0.6) is 0 Å². The van der Waals surface area contributed by atoms with Crippen LogP contribution in [-0.2, 0) is 32.0 Å². The SMILES string of the molecule is CNC(=O)C(Cc1ccccc1F)N1CCN(C(=O)C(Cc2ccc(F)cc2)NC(=O)C2(N)CC2)C(C)C1.O=C(O)C(F)(F)F. The number of hydrogen-bond acceptors (Lipinski definition) is 6. The average molecular weight is 642 g/mol. The fourth-order valence-electron chi connectivity index (χ4n) is 4.94. The predicted molar refractivity (Wildman–Crippen MR) is 153 cm³/mol. The molecular formula is C30H36F5N5O5. The van der Waals surface area contributed by atoms with Crippen molar-refractivity contribution in [2.24, 2.45) is 5.73 Å². The van der Waals surface area contributed by atoms with Gasteiger partial charge in [-0.1, -0.05) is 30.3 Å². The summed E-state index contributed by atoms with van der Waals surface area (Å²) in [7, 11) is 1.55. The number of aliphatic carboxylic acids is 1. The summed E-state index contributed by atoms with van der Waals surface area (Å²) in [6, 6.07) is 10.5. The Kier molecular flexibility index (Phi) is 11.6. The fourth-order valence-corrected chi connectivity index (χ4v) is 4.94. The minimum atomic E-state index is -5.08. The van der Waals surface area contributed by atoms with Crippen molar-refractivity contribution in [3.8, 4) is 0 Å². The molecule has 0 spiro atoms. The van der Waals surface area contributed by atoms with Gasteiger partial charge in [-0.25, -0.2) is 13.6 Å². The summed E-state index contributed by atoms with van der Waals surface area (Å²) in [5.41, 5.74) is 6.28. The highest BCUT2D eigenvalue weighted by Gasteiger charge is 2.47. The maximum absolute atomic E-state index is 14.3. The van der Waals surface area contributed by atoms with E-state index in [1.165, 1.54) is 18.2 Å². The second-order valence-electron chi connectivity index (χ2n) is 11.1. The number of benzene rings is 2. The number of likely N-dealkylation sites (N-methyl/N-ethyl adjacent to an activating group) is 1. The van der Waals surface area contributed by atoms with Gasteiger partial charge < -0.3 is 26.4 Å². The van der Waals surface area contributed by atoms with Gasteiger partial charge in [-0.2, -0.15) is 13.2 Å². The molecule has 3 amide bonds. The third kappa shape index (κ3) is 9.69. The smallest absolute Gasteiger partial charge is 0.475 e. The molecule has 2 fully saturated rings. The Morgan fingerprint density at radius 1 is 1.02 bits per heavy atom. The van der Waals surface area contributed by atoms with Crippen molar-refractivity contribution in [2.75, 3.05) is 26.7 Å². The van der Waals surface area contributed by atoms with Crippen LogP contribution in [0.15, 0.2) is 48.5 Å². The number of piperazine rings is 1. The van der Waals surface area contributed by atoms with Gasteiger partial charge in [0.15, 0.2) is 0 Å². The van der Waals surface area contributed by atoms with Gasteiger partial charge in [0, 0.05) is 39.1 Å². The third-order valence-electron chi connectivity index (χ3n) is 7.74. The molecule has 2 aromatic rings. The summed E-state index contributed by atoms with van der Waals surface area (Å²) in [4.78, 5) is 51.8. The van der Waals surface area contributed by atoms with Crippen LogP contribution in [0.3, 0.4) is 0 Å². The van der Waals surface area contributed by atoms with E-state index in [2.05, 4.69) is 10.6 Å². The fraction of sp³-hybridized carbons (Fsp3) is 0.467. The lowest BCUT2D eigenvalue weighted by molar-refractivity contribution is -0.192. The second kappa shape index (κ2) is 14.8. The van der Waals surface area contributed by atoms with Crippen LogP contribution in [0.4, 0.5) is 22.0 Å². The number of nitrogens with zero attached hydrogens (tertiary/aromatic N) is 2. The molecule has 3 atom stereocenters. The lowest BCUT2D eigenvalue weighted by atomic mass is 9.99. The molecule has 5 N–H and O–H groups in total. The van der Waals surface area contributed by atoms with Crippen LogP contribution in [0.2, 0.25) is 0 Å². The molecule has 2 aromatic carbocycles. The van der Waals surface area contributed by atoms with Gasteiger partial charge >= 0.3 is 12.1 Å². The second-order valence-corrected chi connectivity index (χ2v) is 11.1. The number of halogens is 5. The van der Waals surface area contributed by atoms with E-state index >= 15 is 0 Å². The minimum absolute atomic E-state index is 0.196. The molecule has 0 radical (unpaired) electrons. The van der Waals surface area contributed by atoms with Gasteiger partial charge in [0.1, 0.15) is 17.7 Å². The van der Waals surface area contributed by atoms with E-state index < -0.39 is 29.8 Å². The number of alkyl halides is 3. The molecule has 1 aliphatic heterocycles. The van der Waals surface area contributed by atoms with Crippen LogP contribution in [0.1, 0.15) is 30.9 Å². The van der Waals surface area contributed by atoms with Gasteiger partial charge in [-0.3, -0.25) is 19.3 Å². The first-order valence-corrected chi connectivity index (χ1v) is 14.2. The Balaban J connectivity index is 0.000000707. The summed E-state index contributed by atoms with van der Waals surface area (Å²) in [6.07, 6.45) is -3.56. The molecule has 1 heterocycles. The highest BCUT2D eigenvalue weighted by Crippen LogP contribution is 2.32. The summed E-state index contributed by atoms with van der Waals surface area (Å²) in [6.45, 7) is 3.02. The Bertz CT molecular complexity index is 1370.